The zero-order chi connectivity index (χ0) is 27.8. The standard InChI is InChI=1S/C29H33F2N3O4S/c1-2-8-24(33-28(37)26(35)19-13-20(30)15-21(31)14-19)27(36)34-29-32-16-25(39-29)23-12-7-6-9-18(23)17-38-22-10-4-3-5-11-22/h6-7,9,12-16,22,24,26,35H,2-5,8,10-11,17H2,1H3,(H,33,37)(H,32,34,36)/t24-,26-/m0/s1. The van der Waals surface area contributed by atoms with Crippen LogP contribution in [0.5, 0.6) is 0 Å². The van der Waals surface area contributed by atoms with E-state index in [-0.39, 0.29) is 11.7 Å². The van der Waals surface area contributed by atoms with Gasteiger partial charge in [-0.05, 0) is 48.1 Å². The maximum Gasteiger partial charge on any atom is 0.254 e. The number of amides is 2. The summed E-state index contributed by atoms with van der Waals surface area (Å²) in [7, 11) is 0. The van der Waals surface area contributed by atoms with E-state index in [0.717, 1.165) is 41.0 Å². The van der Waals surface area contributed by atoms with Crippen molar-refractivity contribution in [3.8, 4) is 10.4 Å². The number of ether oxygens (including phenoxy) is 1. The third-order valence-electron chi connectivity index (χ3n) is 6.70. The Bertz CT molecular complexity index is 1260. The molecule has 2 aromatic carbocycles. The first kappa shape index (κ1) is 28.8. The number of carbonyl (C=O) groups excluding carboxylic acids is 2. The second-order valence-corrected chi connectivity index (χ2v) is 10.7. The molecule has 0 spiro atoms. The SMILES string of the molecule is CCC[C@H](NC(=O)[C@@H](O)c1cc(F)cc(F)c1)C(=O)Nc1ncc(-c2ccccc2COC2CCCCC2)s1. The van der Waals surface area contributed by atoms with E-state index < -0.39 is 35.6 Å². The first-order valence-corrected chi connectivity index (χ1v) is 14.1. The molecule has 0 radical (unpaired) electrons. The number of aromatic nitrogens is 1. The van der Waals surface area contributed by atoms with Crippen LogP contribution in [0.4, 0.5) is 13.9 Å². The summed E-state index contributed by atoms with van der Waals surface area (Å²) in [6.07, 6.45) is 6.85. The Morgan fingerprint density at radius 1 is 1.10 bits per heavy atom. The van der Waals surface area contributed by atoms with Gasteiger partial charge in [0.25, 0.3) is 5.91 Å². The third kappa shape index (κ3) is 7.90. The van der Waals surface area contributed by atoms with Crippen molar-refractivity contribution in [2.24, 2.45) is 0 Å². The Morgan fingerprint density at radius 3 is 2.54 bits per heavy atom. The van der Waals surface area contributed by atoms with Gasteiger partial charge in [-0.1, -0.05) is 68.2 Å². The molecule has 4 rings (SSSR count). The number of hydrogen-bond acceptors (Lipinski definition) is 6. The van der Waals surface area contributed by atoms with Gasteiger partial charge in [0, 0.05) is 12.3 Å². The van der Waals surface area contributed by atoms with Crippen LogP contribution in [0.15, 0.2) is 48.7 Å². The zero-order valence-corrected chi connectivity index (χ0v) is 22.6. The fourth-order valence-corrected chi connectivity index (χ4v) is 5.55. The Kier molecular flexibility index (Phi) is 10.1. The largest absolute Gasteiger partial charge is 0.378 e. The van der Waals surface area contributed by atoms with Gasteiger partial charge in [0.2, 0.25) is 5.91 Å². The summed E-state index contributed by atoms with van der Waals surface area (Å²) >= 11 is 1.31. The molecule has 1 saturated carbocycles. The second-order valence-electron chi connectivity index (χ2n) is 9.70. The third-order valence-corrected chi connectivity index (χ3v) is 7.65. The van der Waals surface area contributed by atoms with Crippen molar-refractivity contribution < 1.29 is 28.2 Å². The minimum atomic E-state index is -1.83. The highest BCUT2D eigenvalue weighted by Crippen LogP contribution is 2.33. The molecule has 1 aromatic heterocycles. The maximum atomic E-state index is 13.5. The van der Waals surface area contributed by atoms with Gasteiger partial charge < -0.3 is 20.5 Å². The van der Waals surface area contributed by atoms with Gasteiger partial charge in [0.1, 0.15) is 17.7 Å². The highest BCUT2D eigenvalue weighted by molar-refractivity contribution is 7.19. The summed E-state index contributed by atoms with van der Waals surface area (Å²) < 4.78 is 33.2. The van der Waals surface area contributed by atoms with E-state index in [0.29, 0.717) is 30.6 Å². The zero-order valence-electron chi connectivity index (χ0n) is 21.8. The molecule has 0 unspecified atom stereocenters. The highest BCUT2D eigenvalue weighted by Gasteiger charge is 2.26. The molecule has 1 fully saturated rings. The van der Waals surface area contributed by atoms with Crippen molar-refractivity contribution in [3.05, 3.63) is 71.4 Å². The van der Waals surface area contributed by atoms with E-state index in [9.17, 15) is 23.5 Å². The number of benzene rings is 2. The smallest absolute Gasteiger partial charge is 0.254 e. The molecule has 10 heteroatoms. The number of aliphatic hydroxyl groups excluding tert-OH is 1. The van der Waals surface area contributed by atoms with Crippen molar-refractivity contribution in [1.29, 1.82) is 0 Å². The number of anilines is 1. The van der Waals surface area contributed by atoms with Crippen molar-refractivity contribution in [2.45, 2.75) is 76.7 Å². The number of hydrogen-bond donors (Lipinski definition) is 3. The molecule has 0 aliphatic heterocycles. The van der Waals surface area contributed by atoms with E-state index in [4.69, 9.17) is 4.74 Å². The molecule has 2 amide bonds. The van der Waals surface area contributed by atoms with E-state index in [1.165, 1.54) is 30.6 Å². The molecule has 1 aliphatic rings. The monoisotopic (exact) mass is 557 g/mol. The Hall–Kier alpha value is -3.21. The Labute approximate surface area is 230 Å². The summed E-state index contributed by atoms with van der Waals surface area (Å²) in [6.45, 7) is 2.35. The molecular weight excluding hydrogens is 524 g/mol. The molecule has 7 nitrogen and oxygen atoms in total. The molecule has 39 heavy (non-hydrogen) atoms. The van der Waals surface area contributed by atoms with E-state index >= 15 is 0 Å². The molecule has 1 heterocycles. The van der Waals surface area contributed by atoms with Crippen molar-refractivity contribution in [3.63, 3.8) is 0 Å². The number of halogens is 2. The second kappa shape index (κ2) is 13.7. The number of nitrogens with zero attached hydrogens (tertiary/aromatic N) is 1. The van der Waals surface area contributed by atoms with Crippen LogP contribution in [0.2, 0.25) is 0 Å². The molecule has 3 N–H and O–H groups in total. The van der Waals surface area contributed by atoms with E-state index in [1.54, 1.807) is 6.20 Å². The number of thiazole rings is 1. The highest BCUT2D eigenvalue weighted by atomic mass is 32.1. The molecule has 2 atom stereocenters. The predicted octanol–water partition coefficient (Wildman–Crippen LogP) is 5.89. The fourth-order valence-electron chi connectivity index (χ4n) is 4.67. The van der Waals surface area contributed by atoms with Crippen LogP contribution >= 0.6 is 11.3 Å². The lowest BCUT2D eigenvalue weighted by atomic mass is 9.97. The van der Waals surface area contributed by atoms with E-state index in [2.05, 4.69) is 15.6 Å². The lowest BCUT2D eigenvalue weighted by molar-refractivity contribution is -0.133. The van der Waals surface area contributed by atoms with Crippen LogP contribution in [-0.4, -0.2) is 34.1 Å². The van der Waals surface area contributed by atoms with Crippen LogP contribution in [0.25, 0.3) is 10.4 Å². The number of carbonyl (C=O) groups is 2. The van der Waals surface area contributed by atoms with Crippen molar-refractivity contribution >= 4 is 28.3 Å². The fraction of sp³-hybridized carbons (Fsp3) is 0.414. The maximum absolute atomic E-state index is 13.5. The van der Waals surface area contributed by atoms with Gasteiger partial charge in [0.15, 0.2) is 11.2 Å². The average Bonchev–Trinajstić information content (AvgIpc) is 3.39. The molecule has 1 aliphatic carbocycles. The summed E-state index contributed by atoms with van der Waals surface area (Å²) in [6, 6.07) is 9.35. The molecule has 3 aromatic rings. The van der Waals surface area contributed by atoms with Gasteiger partial charge >= 0.3 is 0 Å². The molecule has 208 valence electrons. The predicted molar refractivity (Wildman–Crippen MR) is 146 cm³/mol. The van der Waals surface area contributed by atoms with Crippen LogP contribution < -0.4 is 10.6 Å². The van der Waals surface area contributed by atoms with Crippen molar-refractivity contribution in [2.75, 3.05) is 5.32 Å². The minimum absolute atomic E-state index is 0.239. The van der Waals surface area contributed by atoms with Gasteiger partial charge in [-0.15, -0.1) is 0 Å². The lowest BCUT2D eigenvalue weighted by Gasteiger charge is -2.22. The number of nitrogens with one attached hydrogen (secondary N) is 2. The average molecular weight is 558 g/mol. The molecule has 0 saturated heterocycles. The van der Waals surface area contributed by atoms with Crippen LogP contribution in [0.1, 0.15) is 69.1 Å². The van der Waals surface area contributed by atoms with Crippen molar-refractivity contribution in [1.82, 2.24) is 10.3 Å². The first-order valence-electron chi connectivity index (χ1n) is 13.2. The number of rotatable bonds is 11. The Balaban J connectivity index is 1.40. The summed E-state index contributed by atoms with van der Waals surface area (Å²) in [4.78, 5) is 30.8. The number of aliphatic hydroxyl groups is 1. The van der Waals surface area contributed by atoms with Gasteiger partial charge in [-0.25, -0.2) is 13.8 Å². The van der Waals surface area contributed by atoms with Gasteiger partial charge in [-0.3, -0.25) is 9.59 Å². The molecular formula is C29H33F2N3O4S. The topological polar surface area (TPSA) is 101 Å². The van der Waals surface area contributed by atoms with Crippen LogP contribution in [0, 0.1) is 11.6 Å². The molecule has 0 bridgehead atoms. The minimum Gasteiger partial charge on any atom is -0.378 e. The summed E-state index contributed by atoms with van der Waals surface area (Å²) in [5.74, 6) is -3.26. The van der Waals surface area contributed by atoms with E-state index in [1.807, 2.05) is 31.2 Å². The van der Waals surface area contributed by atoms with Crippen LogP contribution in [0.3, 0.4) is 0 Å². The Morgan fingerprint density at radius 2 is 1.82 bits per heavy atom. The van der Waals surface area contributed by atoms with Gasteiger partial charge in [0.05, 0.1) is 17.6 Å². The summed E-state index contributed by atoms with van der Waals surface area (Å²) in [5, 5.41) is 15.9. The normalized spacial score (nSPS) is 15.5. The van der Waals surface area contributed by atoms with Crippen LogP contribution in [-0.2, 0) is 20.9 Å². The summed E-state index contributed by atoms with van der Waals surface area (Å²) in [5.41, 5.74) is 1.79. The quantitative estimate of drug-likeness (QED) is 0.273. The lowest BCUT2D eigenvalue weighted by Crippen LogP contribution is -2.45. The first-order chi connectivity index (χ1) is 18.8. The van der Waals surface area contributed by atoms with Gasteiger partial charge in [-0.2, -0.15) is 0 Å².